The van der Waals surface area contributed by atoms with Gasteiger partial charge in [0.1, 0.15) is 6.61 Å². The molecular formula is C19H14N2O4S. The number of carboxylic acids is 1. The summed E-state index contributed by atoms with van der Waals surface area (Å²) in [6.07, 6.45) is -0.699. The van der Waals surface area contributed by atoms with Gasteiger partial charge in [-0.15, -0.1) is 0 Å². The lowest BCUT2D eigenvalue weighted by molar-refractivity contribution is 0.0693. The van der Waals surface area contributed by atoms with Crippen molar-refractivity contribution in [1.29, 1.82) is 0 Å². The molecule has 2 N–H and O–H groups in total. The van der Waals surface area contributed by atoms with Crippen LogP contribution in [0.5, 0.6) is 0 Å². The molecule has 0 atom stereocenters. The Morgan fingerprint density at radius 1 is 1.08 bits per heavy atom. The molecule has 1 heterocycles. The maximum Gasteiger partial charge on any atom is 0.411 e. The zero-order valence-corrected chi connectivity index (χ0v) is 14.3. The molecule has 26 heavy (non-hydrogen) atoms. The molecule has 0 radical (unpaired) electrons. The van der Waals surface area contributed by atoms with E-state index >= 15 is 0 Å². The highest BCUT2D eigenvalue weighted by molar-refractivity contribution is 7.04. The molecule has 1 aliphatic rings. The number of ether oxygens (including phenoxy) is 1. The summed E-state index contributed by atoms with van der Waals surface area (Å²) in [6.45, 7) is 0.166. The summed E-state index contributed by atoms with van der Waals surface area (Å²) in [5, 5.41) is 13.0. The third kappa shape index (κ3) is 2.82. The lowest BCUT2D eigenvalue weighted by Gasteiger charge is -2.14. The second kappa shape index (κ2) is 6.61. The molecule has 0 saturated carbocycles. The smallest absolute Gasteiger partial charge is 0.411 e. The number of carbonyl (C=O) groups is 2. The van der Waals surface area contributed by atoms with E-state index in [1.807, 2.05) is 36.4 Å². The van der Waals surface area contributed by atoms with Crippen LogP contribution in [0, 0.1) is 0 Å². The Morgan fingerprint density at radius 3 is 2.31 bits per heavy atom. The highest BCUT2D eigenvalue weighted by atomic mass is 32.1. The van der Waals surface area contributed by atoms with Gasteiger partial charge in [-0.2, -0.15) is 4.37 Å². The molecule has 1 aliphatic carbocycles. The van der Waals surface area contributed by atoms with E-state index in [1.165, 1.54) is 5.38 Å². The number of hydrogen-bond donors (Lipinski definition) is 2. The van der Waals surface area contributed by atoms with Crippen molar-refractivity contribution in [3.05, 3.63) is 70.7 Å². The third-order valence-electron chi connectivity index (χ3n) is 4.35. The van der Waals surface area contributed by atoms with Crippen LogP contribution in [-0.2, 0) is 4.74 Å². The Labute approximate surface area is 153 Å². The van der Waals surface area contributed by atoms with Gasteiger partial charge in [0.25, 0.3) is 0 Å². The number of nitrogens with one attached hydrogen (secondary N) is 1. The minimum absolute atomic E-state index is 0.0484. The summed E-state index contributed by atoms with van der Waals surface area (Å²) in [5.41, 5.74) is 4.47. The Morgan fingerprint density at radius 2 is 1.69 bits per heavy atom. The number of anilines is 1. The monoisotopic (exact) mass is 366 g/mol. The molecule has 4 rings (SSSR count). The number of carboxylic acid groups (broad SMARTS) is 1. The number of hydrogen-bond acceptors (Lipinski definition) is 5. The lowest BCUT2D eigenvalue weighted by Crippen LogP contribution is -2.18. The first kappa shape index (κ1) is 16.3. The van der Waals surface area contributed by atoms with Crippen molar-refractivity contribution in [2.45, 2.75) is 5.92 Å². The molecule has 0 saturated heterocycles. The molecule has 0 unspecified atom stereocenters. The molecule has 130 valence electrons. The van der Waals surface area contributed by atoms with E-state index in [1.54, 1.807) is 0 Å². The van der Waals surface area contributed by atoms with Crippen LogP contribution in [0.3, 0.4) is 0 Å². The van der Waals surface area contributed by atoms with Crippen molar-refractivity contribution < 1.29 is 19.4 Å². The van der Waals surface area contributed by atoms with Crippen molar-refractivity contribution in [3.8, 4) is 11.1 Å². The maximum atomic E-state index is 12.1. The van der Waals surface area contributed by atoms with E-state index < -0.39 is 12.1 Å². The Bertz CT molecular complexity index is 953. The van der Waals surface area contributed by atoms with Gasteiger partial charge in [-0.3, -0.25) is 5.32 Å². The van der Waals surface area contributed by atoms with Gasteiger partial charge in [-0.05, 0) is 33.8 Å². The first-order valence-corrected chi connectivity index (χ1v) is 8.78. The van der Waals surface area contributed by atoms with Crippen molar-refractivity contribution in [2.75, 3.05) is 11.9 Å². The zero-order chi connectivity index (χ0) is 18.1. The fourth-order valence-corrected chi connectivity index (χ4v) is 3.83. The molecule has 6 nitrogen and oxygen atoms in total. The number of amides is 1. The summed E-state index contributed by atoms with van der Waals surface area (Å²) >= 11 is 0.960. The average Bonchev–Trinajstić information content (AvgIpc) is 3.23. The number of carbonyl (C=O) groups excluding carboxylic acids is 1. The van der Waals surface area contributed by atoms with Crippen molar-refractivity contribution in [2.24, 2.45) is 0 Å². The lowest BCUT2D eigenvalue weighted by atomic mass is 9.98. The molecular weight excluding hydrogens is 352 g/mol. The predicted octanol–water partition coefficient (Wildman–Crippen LogP) is 4.20. The molecule has 0 fully saturated rings. The van der Waals surface area contributed by atoms with E-state index in [9.17, 15) is 9.59 Å². The van der Waals surface area contributed by atoms with Crippen LogP contribution in [-0.4, -0.2) is 28.1 Å². The minimum atomic E-state index is -1.19. The first-order chi connectivity index (χ1) is 12.6. The van der Waals surface area contributed by atoms with Gasteiger partial charge in [0, 0.05) is 11.3 Å². The molecule has 1 amide bonds. The molecule has 0 aliphatic heterocycles. The van der Waals surface area contributed by atoms with Gasteiger partial charge in [0.2, 0.25) is 0 Å². The van der Waals surface area contributed by atoms with Gasteiger partial charge >= 0.3 is 12.1 Å². The van der Waals surface area contributed by atoms with Crippen LogP contribution >= 0.6 is 11.5 Å². The molecule has 1 aromatic heterocycles. The number of rotatable bonds is 4. The number of aromatic carboxylic acids is 1. The van der Waals surface area contributed by atoms with Gasteiger partial charge in [-0.1, -0.05) is 48.5 Å². The average molecular weight is 366 g/mol. The number of aromatic nitrogens is 1. The third-order valence-corrected chi connectivity index (χ3v) is 4.98. The van der Waals surface area contributed by atoms with Crippen molar-refractivity contribution in [1.82, 2.24) is 4.37 Å². The van der Waals surface area contributed by atoms with Crippen LogP contribution in [0.4, 0.5) is 10.5 Å². The van der Waals surface area contributed by atoms with E-state index in [4.69, 9.17) is 9.84 Å². The minimum Gasteiger partial charge on any atom is -0.476 e. The highest BCUT2D eigenvalue weighted by Crippen LogP contribution is 2.44. The molecule has 7 heteroatoms. The van der Waals surface area contributed by atoms with E-state index in [2.05, 4.69) is 21.8 Å². The summed E-state index contributed by atoms with van der Waals surface area (Å²) in [6, 6.07) is 16.1. The van der Waals surface area contributed by atoms with Crippen molar-refractivity contribution >= 4 is 29.3 Å². The quantitative estimate of drug-likeness (QED) is 0.722. The van der Waals surface area contributed by atoms with Crippen LogP contribution in [0.15, 0.2) is 53.9 Å². The zero-order valence-electron chi connectivity index (χ0n) is 13.5. The topological polar surface area (TPSA) is 88.5 Å². The van der Waals surface area contributed by atoms with Crippen molar-refractivity contribution in [3.63, 3.8) is 0 Å². The second-order valence-corrected chi connectivity index (χ2v) is 6.46. The van der Waals surface area contributed by atoms with E-state index in [0.29, 0.717) is 0 Å². The van der Waals surface area contributed by atoms with E-state index in [0.717, 1.165) is 33.8 Å². The van der Waals surface area contributed by atoms with Gasteiger partial charge in [-0.25, -0.2) is 9.59 Å². The van der Waals surface area contributed by atoms with Gasteiger partial charge in [0.05, 0.1) is 5.69 Å². The van der Waals surface area contributed by atoms with Crippen LogP contribution in [0.25, 0.3) is 11.1 Å². The van der Waals surface area contributed by atoms with Crippen LogP contribution in [0.1, 0.15) is 27.5 Å². The molecule has 3 aromatic rings. The summed E-state index contributed by atoms with van der Waals surface area (Å²) < 4.78 is 9.12. The first-order valence-electron chi connectivity index (χ1n) is 7.95. The molecule has 2 aromatic carbocycles. The Kier molecular flexibility index (Phi) is 4.14. The fraction of sp³-hybridized carbons (Fsp3) is 0.105. The van der Waals surface area contributed by atoms with E-state index in [-0.39, 0.29) is 23.9 Å². The highest BCUT2D eigenvalue weighted by Gasteiger charge is 2.29. The number of nitrogens with zero attached hydrogens (tertiary/aromatic N) is 1. The predicted molar refractivity (Wildman–Crippen MR) is 97.8 cm³/mol. The summed E-state index contributed by atoms with van der Waals surface area (Å²) in [7, 11) is 0. The largest absolute Gasteiger partial charge is 0.476 e. The van der Waals surface area contributed by atoms with Crippen LogP contribution in [0.2, 0.25) is 0 Å². The fourth-order valence-electron chi connectivity index (χ4n) is 3.22. The van der Waals surface area contributed by atoms with Gasteiger partial charge < -0.3 is 9.84 Å². The molecule has 0 spiro atoms. The Balaban J connectivity index is 1.50. The number of benzene rings is 2. The second-order valence-electron chi connectivity index (χ2n) is 5.83. The maximum absolute atomic E-state index is 12.1. The summed E-state index contributed by atoms with van der Waals surface area (Å²) in [4.78, 5) is 23.2. The normalized spacial score (nSPS) is 12.3. The standard InChI is InChI=1S/C19H14N2O4S/c22-18(23)17-16(10-26-21-17)20-19(24)25-9-15-13-7-3-1-5-11(13)12-6-2-4-8-14(12)15/h1-8,10,15H,9H2,(H,20,24)(H,22,23). The van der Waals surface area contributed by atoms with Gasteiger partial charge in [0.15, 0.2) is 5.69 Å². The summed E-state index contributed by atoms with van der Waals surface area (Å²) in [5.74, 6) is -1.24. The van der Waals surface area contributed by atoms with Crippen LogP contribution < -0.4 is 5.32 Å². The molecule has 0 bridgehead atoms. The Hall–Kier alpha value is -3.19. The number of fused-ring (bicyclic) bond motifs is 3. The SMILES string of the molecule is O=C(Nc1csnc1C(=O)O)OCC1c2ccccc2-c2ccccc21.